The summed E-state index contributed by atoms with van der Waals surface area (Å²) in [5.74, 6) is 0.433. The summed E-state index contributed by atoms with van der Waals surface area (Å²) in [4.78, 5) is 41.5. The predicted molar refractivity (Wildman–Crippen MR) is 103 cm³/mol. The summed E-state index contributed by atoms with van der Waals surface area (Å²) in [6, 6.07) is 5.60. The lowest BCUT2D eigenvalue weighted by molar-refractivity contribution is -0.385. The van der Waals surface area contributed by atoms with Crippen molar-refractivity contribution in [2.24, 2.45) is 0 Å². The molecular weight excluding hydrogens is 382 g/mol. The van der Waals surface area contributed by atoms with E-state index in [0.29, 0.717) is 37.6 Å². The van der Waals surface area contributed by atoms with Crippen LogP contribution in [0.15, 0.2) is 30.5 Å². The summed E-state index contributed by atoms with van der Waals surface area (Å²) in [5, 5.41) is 22.0. The van der Waals surface area contributed by atoms with Crippen molar-refractivity contribution in [1.82, 2.24) is 9.88 Å². The number of benzene rings is 1. The lowest BCUT2D eigenvalue weighted by atomic mass is 10.1. The SMILES string of the molecule is COc1ccc(C(=O)N2CCN(c3ncc([N+](=O)[O-])cc3C)CC2)cc1[N+](=O)[O-]. The quantitative estimate of drug-likeness (QED) is 0.550. The van der Waals surface area contributed by atoms with Gasteiger partial charge in [0.25, 0.3) is 11.6 Å². The molecule has 0 N–H and O–H groups in total. The highest BCUT2D eigenvalue weighted by molar-refractivity contribution is 5.95. The van der Waals surface area contributed by atoms with E-state index in [4.69, 9.17) is 4.74 Å². The molecule has 3 rings (SSSR count). The number of carbonyl (C=O) groups is 1. The van der Waals surface area contributed by atoms with Crippen LogP contribution < -0.4 is 9.64 Å². The molecule has 0 aliphatic carbocycles. The first-order valence-corrected chi connectivity index (χ1v) is 8.79. The highest BCUT2D eigenvalue weighted by atomic mass is 16.6. The Labute approximate surface area is 165 Å². The van der Waals surface area contributed by atoms with Gasteiger partial charge in [0.05, 0.1) is 17.0 Å². The highest BCUT2D eigenvalue weighted by Crippen LogP contribution is 2.28. The van der Waals surface area contributed by atoms with Crippen LogP contribution in [0.5, 0.6) is 5.75 Å². The molecule has 152 valence electrons. The normalized spacial score (nSPS) is 13.9. The van der Waals surface area contributed by atoms with E-state index >= 15 is 0 Å². The number of nitrogens with zero attached hydrogens (tertiary/aromatic N) is 5. The van der Waals surface area contributed by atoms with Gasteiger partial charge in [-0.05, 0) is 24.6 Å². The Bertz CT molecular complexity index is 971. The van der Waals surface area contributed by atoms with E-state index in [2.05, 4.69) is 4.98 Å². The van der Waals surface area contributed by atoms with Gasteiger partial charge in [-0.3, -0.25) is 25.0 Å². The topological polar surface area (TPSA) is 132 Å². The van der Waals surface area contributed by atoms with Crippen molar-refractivity contribution in [2.75, 3.05) is 38.2 Å². The number of amides is 1. The Morgan fingerprint density at radius 2 is 1.79 bits per heavy atom. The fraction of sp³-hybridized carbons (Fsp3) is 0.333. The molecule has 1 amide bonds. The molecule has 1 aromatic carbocycles. The average molecular weight is 401 g/mol. The summed E-state index contributed by atoms with van der Waals surface area (Å²) in [6.45, 7) is 3.54. The summed E-state index contributed by atoms with van der Waals surface area (Å²) < 4.78 is 4.96. The number of aryl methyl sites for hydroxylation is 1. The molecule has 0 atom stereocenters. The lowest BCUT2D eigenvalue weighted by Gasteiger charge is -2.36. The first-order chi connectivity index (χ1) is 13.8. The van der Waals surface area contributed by atoms with Crippen LogP contribution in [0.1, 0.15) is 15.9 Å². The van der Waals surface area contributed by atoms with Gasteiger partial charge in [0.15, 0.2) is 5.75 Å². The predicted octanol–water partition coefficient (Wildman–Crippen LogP) is 2.18. The fourth-order valence-electron chi connectivity index (χ4n) is 3.25. The number of hydrogen-bond acceptors (Lipinski definition) is 8. The molecule has 11 heteroatoms. The van der Waals surface area contributed by atoms with Crippen LogP contribution in [0, 0.1) is 27.2 Å². The molecule has 0 saturated carbocycles. The first-order valence-electron chi connectivity index (χ1n) is 8.79. The fourth-order valence-corrected chi connectivity index (χ4v) is 3.25. The van der Waals surface area contributed by atoms with Crippen LogP contribution >= 0.6 is 0 Å². The van der Waals surface area contributed by atoms with E-state index < -0.39 is 9.85 Å². The molecule has 1 aliphatic rings. The zero-order valence-electron chi connectivity index (χ0n) is 15.9. The van der Waals surface area contributed by atoms with Crippen LogP contribution in [0.3, 0.4) is 0 Å². The minimum absolute atomic E-state index is 0.0684. The number of nitro groups is 2. The number of anilines is 1. The van der Waals surface area contributed by atoms with Gasteiger partial charge in [-0.1, -0.05) is 0 Å². The first kappa shape index (κ1) is 20.0. The standard InChI is InChI=1S/C18H19N5O6/c1-12-9-14(22(25)26)11-19-17(12)20-5-7-21(8-6-20)18(24)13-3-4-16(29-2)15(10-13)23(27)28/h3-4,9-11H,5-8H2,1-2H3. The van der Waals surface area contributed by atoms with E-state index in [1.54, 1.807) is 11.8 Å². The van der Waals surface area contributed by atoms with E-state index in [1.807, 2.05) is 4.90 Å². The summed E-state index contributed by atoms with van der Waals surface area (Å²) in [5.41, 5.74) is 0.573. The van der Waals surface area contributed by atoms with Gasteiger partial charge >= 0.3 is 5.69 Å². The highest BCUT2D eigenvalue weighted by Gasteiger charge is 2.26. The van der Waals surface area contributed by atoms with Crippen LogP contribution in [-0.2, 0) is 0 Å². The van der Waals surface area contributed by atoms with Gasteiger partial charge in [0.2, 0.25) is 0 Å². The van der Waals surface area contributed by atoms with Gasteiger partial charge < -0.3 is 14.5 Å². The van der Waals surface area contributed by atoms with Crippen molar-refractivity contribution in [2.45, 2.75) is 6.92 Å². The molecule has 2 heterocycles. The number of hydrogen-bond donors (Lipinski definition) is 0. The van der Waals surface area contributed by atoms with Crippen molar-refractivity contribution in [3.05, 3.63) is 61.8 Å². The second kappa shape index (κ2) is 8.09. The maximum Gasteiger partial charge on any atom is 0.311 e. The molecule has 1 fully saturated rings. The Morgan fingerprint density at radius 1 is 1.10 bits per heavy atom. The largest absolute Gasteiger partial charge is 0.490 e. The van der Waals surface area contributed by atoms with Crippen LogP contribution in [0.25, 0.3) is 0 Å². The van der Waals surface area contributed by atoms with E-state index in [0.717, 1.165) is 0 Å². The Morgan fingerprint density at radius 3 is 2.34 bits per heavy atom. The number of methoxy groups -OCH3 is 1. The van der Waals surface area contributed by atoms with Crippen molar-refractivity contribution in [3.8, 4) is 5.75 Å². The maximum absolute atomic E-state index is 12.8. The van der Waals surface area contributed by atoms with E-state index in [1.165, 1.54) is 37.6 Å². The summed E-state index contributed by atoms with van der Waals surface area (Å²) >= 11 is 0. The van der Waals surface area contributed by atoms with Gasteiger partial charge in [-0.25, -0.2) is 4.98 Å². The Hall–Kier alpha value is -3.76. The second-order valence-electron chi connectivity index (χ2n) is 6.51. The van der Waals surface area contributed by atoms with Crippen molar-refractivity contribution >= 4 is 23.1 Å². The monoisotopic (exact) mass is 401 g/mol. The number of nitro benzene ring substituents is 1. The van der Waals surface area contributed by atoms with Crippen LogP contribution in [-0.4, -0.2) is 58.9 Å². The summed E-state index contributed by atoms with van der Waals surface area (Å²) in [6.07, 6.45) is 1.22. The minimum Gasteiger partial charge on any atom is -0.490 e. The molecule has 0 spiro atoms. The zero-order valence-corrected chi connectivity index (χ0v) is 15.9. The van der Waals surface area contributed by atoms with E-state index in [-0.39, 0.29) is 28.6 Å². The van der Waals surface area contributed by atoms with Gasteiger partial charge in [0.1, 0.15) is 12.0 Å². The molecular formula is C18H19N5O6. The van der Waals surface area contributed by atoms with Crippen molar-refractivity contribution in [3.63, 3.8) is 0 Å². The molecule has 1 aromatic heterocycles. The Balaban J connectivity index is 1.71. The van der Waals surface area contributed by atoms with Crippen molar-refractivity contribution < 1.29 is 19.4 Å². The third kappa shape index (κ3) is 4.08. The minimum atomic E-state index is -0.587. The van der Waals surface area contributed by atoms with Gasteiger partial charge in [0, 0.05) is 43.9 Å². The number of pyridine rings is 1. The molecule has 0 radical (unpaired) electrons. The number of aromatic nitrogens is 1. The number of carbonyl (C=O) groups excluding carboxylic acids is 1. The van der Waals surface area contributed by atoms with E-state index in [9.17, 15) is 25.0 Å². The third-order valence-electron chi connectivity index (χ3n) is 4.74. The average Bonchev–Trinajstić information content (AvgIpc) is 2.72. The van der Waals surface area contributed by atoms with Gasteiger partial charge in [-0.2, -0.15) is 0 Å². The molecule has 0 bridgehead atoms. The summed E-state index contributed by atoms with van der Waals surface area (Å²) in [7, 11) is 1.33. The molecule has 2 aromatic rings. The molecule has 1 aliphatic heterocycles. The van der Waals surface area contributed by atoms with Crippen LogP contribution in [0.2, 0.25) is 0 Å². The molecule has 0 unspecified atom stereocenters. The smallest absolute Gasteiger partial charge is 0.311 e. The lowest BCUT2D eigenvalue weighted by Crippen LogP contribution is -2.49. The second-order valence-corrected chi connectivity index (χ2v) is 6.51. The Kier molecular flexibility index (Phi) is 5.57. The van der Waals surface area contributed by atoms with Crippen molar-refractivity contribution in [1.29, 1.82) is 0 Å². The maximum atomic E-state index is 12.8. The van der Waals surface area contributed by atoms with Crippen LogP contribution in [0.4, 0.5) is 17.2 Å². The third-order valence-corrected chi connectivity index (χ3v) is 4.74. The number of ether oxygens (including phenoxy) is 1. The van der Waals surface area contributed by atoms with Gasteiger partial charge in [-0.15, -0.1) is 0 Å². The number of rotatable bonds is 5. The molecule has 29 heavy (non-hydrogen) atoms. The molecule has 1 saturated heterocycles. The number of piperazine rings is 1. The molecule has 11 nitrogen and oxygen atoms in total. The zero-order chi connectivity index (χ0) is 21.1.